The maximum Gasteiger partial charge on any atom is 0.225 e. The summed E-state index contributed by atoms with van der Waals surface area (Å²) in [4.78, 5) is 14.2. The molecular weight excluding hydrogens is 234 g/mol. The van der Waals surface area contributed by atoms with Gasteiger partial charge in [0.1, 0.15) is 0 Å². The van der Waals surface area contributed by atoms with Crippen molar-refractivity contribution in [3.05, 3.63) is 23.8 Å². The minimum absolute atomic E-state index is 0.340. The molecule has 0 unspecified atom stereocenters. The number of allylic oxidation sites excluding steroid dienone is 3. The number of rotatable bonds is 9. The second kappa shape index (κ2) is 8.95. The first-order chi connectivity index (χ1) is 9.19. The minimum Gasteiger partial charge on any atom is -0.338 e. The molecule has 1 rings (SSSR count). The zero-order valence-corrected chi connectivity index (χ0v) is 12.8. The summed E-state index contributed by atoms with van der Waals surface area (Å²) in [6.07, 6.45) is 13.3. The van der Waals surface area contributed by atoms with Crippen LogP contribution < -0.4 is 0 Å². The third-order valence-electron chi connectivity index (χ3n) is 3.40. The fraction of sp³-hybridized carbons (Fsp3) is 0.706. The molecule has 0 aromatic rings. The average Bonchev–Trinajstić information content (AvgIpc) is 3.21. The summed E-state index contributed by atoms with van der Waals surface area (Å²) in [6.45, 7) is 8.16. The molecule has 0 spiro atoms. The van der Waals surface area contributed by atoms with Crippen LogP contribution in [0.3, 0.4) is 0 Å². The Labute approximate surface area is 118 Å². The van der Waals surface area contributed by atoms with E-state index < -0.39 is 0 Å². The van der Waals surface area contributed by atoms with Crippen LogP contribution in [0, 0.1) is 5.92 Å². The Hall–Kier alpha value is -1.05. The molecule has 108 valence electrons. The van der Waals surface area contributed by atoms with Crippen LogP contribution in [0.25, 0.3) is 0 Å². The fourth-order valence-electron chi connectivity index (χ4n) is 2.20. The lowest BCUT2D eigenvalue weighted by Crippen LogP contribution is -2.34. The summed E-state index contributed by atoms with van der Waals surface area (Å²) < 4.78 is 0. The van der Waals surface area contributed by atoms with E-state index in [9.17, 15) is 4.79 Å². The highest BCUT2D eigenvalue weighted by Crippen LogP contribution is 2.31. The Morgan fingerprint density at radius 2 is 1.95 bits per heavy atom. The van der Waals surface area contributed by atoms with Gasteiger partial charge < -0.3 is 4.90 Å². The molecule has 1 fully saturated rings. The normalized spacial score (nSPS) is 16.1. The van der Waals surface area contributed by atoms with Crippen LogP contribution >= 0.6 is 0 Å². The van der Waals surface area contributed by atoms with Crippen LogP contribution in [0.15, 0.2) is 23.8 Å². The number of nitrogens with zero attached hydrogens (tertiary/aromatic N) is 1. The first-order valence-corrected chi connectivity index (χ1v) is 7.78. The van der Waals surface area contributed by atoms with E-state index in [0.717, 1.165) is 51.6 Å². The Kier molecular flexibility index (Phi) is 7.54. The molecule has 0 atom stereocenters. The van der Waals surface area contributed by atoms with Gasteiger partial charge in [-0.3, -0.25) is 4.79 Å². The molecule has 0 heterocycles. The summed E-state index contributed by atoms with van der Waals surface area (Å²) in [6, 6.07) is 0. The summed E-state index contributed by atoms with van der Waals surface area (Å²) in [5.41, 5.74) is 1.33. The van der Waals surface area contributed by atoms with Crippen LogP contribution in [0.1, 0.15) is 59.3 Å². The SMILES string of the molecule is CCC=CCCC=C(C)CN(CCC)C(=O)C1CC1. The molecule has 0 aromatic heterocycles. The third-order valence-corrected chi connectivity index (χ3v) is 3.40. The smallest absolute Gasteiger partial charge is 0.225 e. The molecule has 0 N–H and O–H groups in total. The molecule has 1 saturated carbocycles. The maximum absolute atomic E-state index is 12.1. The van der Waals surface area contributed by atoms with Crippen molar-refractivity contribution in [3.63, 3.8) is 0 Å². The van der Waals surface area contributed by atoms with Crippen LogP contribution in [0.4, 0.5) is 0 Å². The van der Waals surface area contributed by atoms with Gasteiger partial charge in [0.15, 0.2) is 0 Å². The van der Waals surface area contributed by atoms with Gasteiger partial charge in [-0.15, -0.1) is 0 Å². The number of hydrogen-bond donors (Lipinski definition) is 0. The number of unbranched alkanes of at least 4 members (excludes halogenated alkanes) is 1. The van der Waals surface area contributed by atoms with Gasteiger partial charge >= 0.3 is 0 Å². The van der Waals surface area contributed by atoms with E-state index in [1.165, 1.54) is 5.57 Å². The van der Waals surface area contributed by atoms with Crippen molar-refractivity contribution in [1.29, 1.82) is 0 Å². The van der Waals surface area contributed by atoms with Gasteiger partial charge in [0.2, 0.25) is 5.91 Å². The Bertz CT molecular complexity index is 326. The first kappa shape index (κ1) is 16.0. The third kappa shape index (κ3) is 6.60. The van der Waals surface area contributed by atoms with Crippen molar-refractivity contribution in [2.45, 2.75) is 59.3 Å². The molecule has 0 aliphatic heterocycles. The molecular formula is C17H29NO. The predicted octanol–water partition coefficient (Wildman–Crippen LogP) is 4.33. The number of carbonyl (C=O) groups is 1. The molecule has 1 aliphatic carbocycles. The fourth-order valence-corrected chi connectivity index (χ4v) is 2.20. The second-order valence-electron chi connectivity index (χ2n) is 5.54. The average molecular weight is 263 g/mol. The van der Waals surface area contributed by atoms with Crippen LogP contribution in [-0.2, 0) is 4.79 Å². The van der Waals surface area contributed by atoms with Gasteiger partial charge in [0.05, 0.1) is 0 Å². The zero-order chi connectivity index (χ0) is 14.1. The molecule has 0 saturated heterocycles. The lowest BCUT2D eigenvalue weighted by molar-refractivity contribution is -0.132. The zero-order valence-electron chi connectivity index (χ0n) is 12.8. The van der Waals surface area contributed by atoms with Crippen LogP contribution in [0.2, 0.25) is 0 Å². The van der Waals surface area contributed by atoms with Crippen molar-refractivity contribution >= 4 is 5.91 Å². The first-order valence-electron chi connectivity index (χ1n) is 7.78. The molecule has 0 aromatic carbocycles. The molecule has 2 heteroatoms. The Morgan fingerprint density at radius 1 is 1.21 bits per heavy atom. The largest absolute Gasteiger partial charge is 0.338 e. The van der Waals surface area contributed by atoms with E-state index in [0.29, 0.717) is 11.8 Å². The van der Waals surface area contributed by atoms with E-state index in [1.54, 1.807) is 0 Å². The van der Waals surface area contributed by atoms with Crippen molar-refractivity contribution < 1.29 is 4.79 Å². The van der Waals surface area contributed by atoms with E-state index in [-0.39, 0.29) is 0 Å². The van der Waals surface area contributed by atoms with Gasteiger partial charge in [-0.05, 0) is 45.4 Å². The van der Waals surface area contributed by atoms with Crippen molar-refractivity contribution in [3.8, 4) is 0 Å². The predicted molar refractivity (Wildman–Crippen MR) is 82.0 cm³/mol. The summed E-state index contributed by atoms with van der Waals surface area (Å²) in [7, 11) is 0. The second-order valence-corrected chi connectivity index (χ2v) is 5.54. The number of hydrogen-bond acceptors (Lipinski definition) is 1. The Morgan fingerprint density at radius 3 is 2.53 bits per heavy atom. The van der Waals surface area contributed by atoms with Crippen molar-refractivity contribution in [2.75, 3.05) is 13.1 Å². The Balaban J connectivity index is 2.36. The van der Waals surface area contributed by atoms with Crippen LogP contribution in [-0.4, -0.2) is 23.9 Å². The topological polar surface area (TPSA) is 20.3 Å². The van der Waals surface area contributed by atoms with Crippen molar-refractivity contribution in [2.24, 2.45) is 5.92 Å². The van der Waals surface area contributed by atoms with Gasteiger partial charge in [-0.2, -0.15) is 0 Å². The molecule has 1 aliphatic rings. The maximum atomic E-state index is 12.1. The lowest BCUT2D eigenvalue weighted by atomic mass is 10.1. The molecule has 0 bridgehead atoms. The number of amides is 1. The highest BCUT2D eigenvalue weighted by Gasteiger charge is 2.32. The molecule has 2 nitrogen and oxygen atoms in total. The standard InChI is InChI=1S/C17H29NO/c1-4-6-7-8-9-10-15(3)14-18(13-5-2)17(19)16-11-12-16/h6-7,10,16H,4-5,8-9,11-14H2,1-3H3. The summed E-state index contributed by atoms with van der Waals surface area (Å²) in [5, 5.41) is 0. The monoisotopic (exact) mass is 263 g/mol. The molecule has 19 heavy (non-hydrogen) atoms. The van der Waals surface area contributed by atoms with Gasteiger partial charge in [0.25, 0.3) is 0 Å². The lowest BCUT2D eigenvalue weighted by Gasteiger charge is -2.22. The summed E-state index contributed by atoms with van der Waals surface area (Å²) >= 11 is 0. The van der Waals surface area contributed by atoms with Gasteiger partial charge in [-0.25, -0.2) is 0 Å². The van der Waals surface area contributed by atoms with E-state index in [4.69, 9.17) is 0 Å². The van der Waals surface area contributed by atoms with Gasteiger partial charge in [0, 0.05) is 19.0 Å². The highest BCUT2D eigenvalue weighted by molar-refractivity contribution is 5.81. The van der Waals surface area contributed by atoms with E-state index in [1.807, 2.05) is 4.90 Å². The van der Waals surface area contributed by atoms with Crippen LogP contribution in [0.5, 0.6) is 0 Å². The van der Waals surface area contributed by atoms with Gasteiger partial charge in [-0.1, -0.05) is 37.6 Å². The van der Waals surface area contributed by atoms with Crippen molar-refractivity contribution in [1.82, 2.24) is 4.90 Å². The van der Waals surface area contributed by atoms with E-state index >= 15 is 0 Å². The molecule has 0 radical (unpaired) electrons. The number of carbonyl (C=O) groups excluding carboxylic acids is 1. The minimum atomic E-state index is 0.340. The summed E-state index contributed by atoms with van der Waals surface area (Å²) in [5.74, 6) is 0.715. The highest BCUT2D eigenvalue weighted by atomic mass is 16.2. The van der Waals surface area contributed by atoms with E-state index in [2.05, 4.69) is 39.0 Å². The molecule has 1 amide bonds. The quantitative estimate of drug-likeness (QED) is 0.448.